The predicted molar refractivity (Wildman–Crippen MR) is 66.1 cm³/mol. The Morgan fingerprint density at radius 3 is 2.61 bits per heavy atom. The molecule has 0 unspecified atom stereocenters. The Kier molecular flexibility index (Phi) is 3.63. The molecule has 1 heterocycles. The van der Waals surface area contributed by atoms with E-state index in [2.05, 4.69) is 11.8 Å². The van der Waals surface area contributed by atoms with Crippen molar-refractivity contribution < 1.29 is 14.7 Å². The van der Waals surface area contributed by atoms with Gasteiger partial charge in [0.1, 0.15) is 0 Å². The molecule has 4 nitrogen and oxygen atoms in total. The van der Waals surface area contributed by atoms with Crippen molar-refractivity contribution in [3.8, 4) is 11.8 Å². The fourth-order valence-corrected chi connectivity index (χ4v) is 1.80. The molecule has 0 atom stereocenters. The van der Waals surface area contributed by atoms with E-state index in [4.69, 9.17) is 5.11 Å². The van der Waals surface area contributed by atoms with Crippen LogP contribution in [0.1, 0.15) is 28.8 Å². The van der Waals surface area contributed by atoms with Crippen LogP contribution in [-0.4, -0.2) is 35.0 Å². The number of hydrogen-bond acceptors (Lipinski definition) is 2. The average molecular weight is 243 g/mol. The molecule has 4 heteroatoms. The highest BCUT2D eigenvalue weighted by Crippen LogP contribution is 2.08. The van der Waals surface area contributed by atoms with E-state index in [0.29, 0.717) is 13.0 Å². The van der Waals surface area contributed by atoms with E-state index in [1.807, 2.05) is 0 Å². The second-order valence-electron chi connectivity index (χ2n) is 4.10. The van der Waals surface area contributed by atoms with Gasteiger partial charge >= 0.3 is 5.97 Å². The van der Waals surface area contributed by atoms with Crippen LogP contribution >= 0.6 is 0 Å². The number of benzene rings is 1. The largest absolute Gasteiger partial charge is 0.478 e. The molecule has 0 bridgehead atoms. The van der Waals surface area contributed by atoms with Crippen LogP contribution in [-0.2, 0) is 4.79 Å². The third-order valence-corrected chi connectivity index (χ3v) is 2.81. The van der Waals surface area contributed by atoms with Crippen molar-refractivity contribution in [3.05, 3.63) is 35.4 Å². The molecule has 1 aromatic carbocycles. The molecule has 0 radical (unpaired) electrons. The molecule has 1 saturated heterocycles. The number of hydrogen-bond donors (Lipinski definition) is 1. The fraction of sp³-hybridized carbons (Fsp3) is 0.286. The first-order valence-electron chi connectivity index (χ1n) is 5.77. The van der Waals surface area contributed by atoms with Crippen LogP contribution in [0.15, 0.2) is 24.3 Å². The maximum Gasteiger partial charge on any atom is 0.335 e. The second kappa shape index (κ2) is 5.37. The summed E-state index contributed by atoms with van der Waals surface area (Å²) < 4.78 is 0. The van der Waals surface area contributed by atoms with Crippen molar-refractivity contribution >= 4 is 11.9 Å². The van der Waals surface area contributed by atoms with Crippen LogP contribution in [0.25, 0.3) is 0 Å². The highest BCUT2D eigenvalue weighted by Gasteiger charge is 2.18. The highest BCUT2D eigenvalue weighted by molar-refractivity contribution is 5.87. The van der Waals surface area contributed by atoms with Crippen molar-refractivity contribution in [2.45, 2.75) is 12.8 Å². The van der Waals surface area contributed by atoms with Crippen LogP contribution in [0.5, 0.6) is 0 Å². The van der Waals surface area contributed by atoms with Crippen molar-refractivity contribution in [1.29, 1.82) is 0 Å². The molecule has 92 valence electrons. The number of rotatable bonds is 2. The Bertz CT molecular complexity index is 522. The molecule has 0 aromatic heterocycles. The third-order valence-electron chi connectivity index (χ3n) is 2.81. The molecular weight excluding hydrogens is 230 g/mol. The van der Waals surface area contributed by atoms with E-state index in [0.717, 1.165) is 18.5 Å². The maximum absolute atomic E-state index is 11.3. The summed E-state index contributed by atoms with van der Waals surface area (Å²) in [6.45, 7) is 1.23. The minimum Gasteiger partial charge on any atom is -0.478 e. The number of carboxylic acid groups (broad SMARTS) is 1. The first-order valence-corrected chi connectivity index (χ1v) is 5.77. The normalized spacial score (nSPS) is 14.2. The molecule has 2 rings (SSSR count). The molecule has 1 N–H and O–H groups in total. The van der Waals surface area contributed by atoms with Gasteiger partial charge in [-0.1, -0.05) is 11.8 Å². The molecule has 1 aromatic rings. The summed E-state index contributed by atoms with van der Waals surface area (Å²) in [5.41, 5.74) is 1.00. The summed E-state index contributed by atoms with van der Waals surface area (Å²) in [5.74, 6) is 5.06. The molecule has 0 spiro atoms. The van der Waals surface area contributed by atoms with Crippen LogP contribution in [0.4, 0.5) is 0 Å². The van der Waals surface area contributed by atoms with Crippen LogP contribution < -0.4 is 0 Å². The smallest absolute Gasteiger partial charge is 0.335 e. The lowest BCUT2D eigenvalue weighted by molar-refractivity contribution is -0.127. The Balaban J connectivity index is 1.97. The SMILES string of the molecule is O=C(O)c1ccc(C#CCN2CCCC2=O)cc1. The third kappa shape index (κ3) is 2.89. The van der Waals surface area contributed by atoms with Crippen molar-refractivity contribution in [3.63, 3.8) is 0 Å². The summed E-state index contributed by atoms with van der Waals surface area (Å²) in [6.07, 6.45) is 1.53. The van der Waals surface area contributed by atoms with Gasteiger partial charge in [0, 0.05) is 18.5 Å². The molecule has 1 amide bonds. The van der Waals surface area contributed by atoms with Gasteiger partial charge in [0.15, 0.2) is 0 Å². The zero-order chi connectivity index (χ0) is 13.0. The molecule has 1 aliphatic rings. The number of carbonyl (C=O) groups is 2. The zero-order valence-corrected chi connectivity index (χ0v) is 9.85. The van der Waals surface area contributed by atoms with E-state index < -0.39 is 5.97 Å². The second-order valence-corrected chi connectivity index (χ2v) is 4.10. The van der Waals surface area contributed by atoms with Gasteiger partial charge in [-0.3, -0.25) is 4.79 Å². The monoisotopic (exact) mass is 243 g/mol. The number of nitrogens with zero attached hydrogens (tertiary/aromatic N) is 1. The van der Waals surface area contributed by atoms with Gasteiger partial charge in [-0.25, -0.2) is 4.79 Å². The van der Waals surface area contributed by atoms with Gasteiger partial charge in [-0.2, -0.15) is 0 Å². The minimum absolute atomic E-state index is 0.158. The number of carbonyl (C=O) groups excluding carboxylic acids is 1. The summed E-state index contributed by atoms with van der Waals surface area (Å²) >= 11 is 0. The lowest BCUT2D eigenvalue weighted by Crippen LogP contribution is -2.24. The molecule has 0 saturated carbocycles. The van der Waals surface area contributed by atoms with Gasteiger partial charge in [0.2, 0.25) is 5.91 Å². The van der Waals surface area contributed by atoms with Crippen molar-refractivity contribution in [1.82, 2.24) is 4.90 Å². The van der Waals surface area contributed by atoms with E-state index in [1.165, 1.54) is 12.1 Å². The van der Waals surface area contributed by atoms with Gasteiger partial charge < -0.3 is 10.0 Å². The van der Waals surface area contributed by atoms with Crippen LogP contribution in [0.2, 0.25) is 0 Å². The summed E-state index contributed by atoms with van der Waals surface area (Å²) in [7, 11) is 0. The van der Waals surface area contributed by atoms with Crippen LogP contribution in [0.3, 0.4) is 0 Å². The number of aromatic carboxylic acids is 1. The van der Waals surface area contributed by atoms with Gasteiger partial charge in [0.25, 0.3) is 0 Å². The van der Waals surface area contributed by atoms with Crippen molar-refractivity contribution in [2.75, 3.05) is 13.1 Å². The minimum atomic E-state index is -0.947. The van der Waals surface area contributed by atoms with Gasteiger partial charge in [-0.05, 0) is 30.7 Å². The quantitative estimate of drug-likeness (QED) is 0.798. The van der Waals surface area contributed by atoms with E-state index in [9.17, 15) is 9.59 Å². The van der Waals surface area contributed by atoms with E-state index in [1.54, 1.807) is 17.0 Å². The lowest BCUT2D eigenvalue weighted by Gasteiger charge is -2.09. The summed E-state index contributed by atoms with van der Waals surface area (Å²) in [4.78, 5) is 23.7. The number of carboxylic acids is 1. The molecular formula is C14H13NO3. The first-order chi connectivity index (χ1) is 8.66. The molecule has 1 aliphatic heterocycles. The maximum atomic E-state index is 11.3. The highest BCUT2D eigenvalue weighted by atomic mass is 16.4. The molecule has 18 heavy (non-hydrogen) atoms. The van der Waals surface area contributed by atoms with Crippen molar-refractivity contribution in [2.24, 2.45) is 0 Å². The average Bonchev–Trinajstić information content (AvgIpc) is 2.76. The van der Waals surface area contributed by atoms with Crippen LogP contribution in [0, 0.1) is 11.8 Å². The first kappa shape index (κ1) is 12.2. The Labute approximate surface area is 105 Å². The number of amides is 1. The standard InChI is InChI=1S/C14H13NO3/c16-13-4-2-10-15(13)9-1-3-11-5-7-12(8-6-11)14(17)18/h5-8H,2,4,9-10H2,(H,17,18). The fourth-order valence-electron chi connectivity index (χ4n) is 1.80. The molecule has 0 aliphatic carbocycles. The van der Waals surface area contributed by atoms with E-state index in [-0.39, 0.29) is 11.5 Å². The summed E-state index contributed by atoms with van der Waals surface area (Å²) in [5, 5.41) is 8.74. The Hall–Kier alpha value is -2.28. The Morgan fingerprint density at radius 2 is 2.06 bits per heavy atom. The van der Waals surface area contributed by atoms with E-state index >= 15 is 0 Å². The summed E-state index contributed by atoms with van der Waals surface area (Å²) in [6, 6.07) is 6.38. The lowest BCUT2D eigenvalue weighted by atomic mass is 10.1. The number of likely N-dealkylation sites (tertiary alicyclic amines) is 1. The predicted octanol–water partition coefficient (Wildman–Crippen LogP) is 1.36. The van der Waals surface area contributed by atoms with Gasteiger partial charge in [-0.15, -0.1) is 0 Å². The topological polar surface area (TPSA) is 57.6 Å². The molecule has 1 fully saturated rings. The zero-order valence-electron chi connectivity index (χ0n) is 9.85. The van der Waals surface area contributed by atoms with Gasteiger partial charge in [0.05, 0.1) is 12.1 Å². The Morgan fingerprint density at radius 1 is 1.33 bits per heavy atom.